The Morgan fingerprint density at radius 3 is 2.81 bits per heavy atom. The molecule has 1 heterocycles. The van der Waals surface area contributed by atoms with E-state index in [0.29, 0.717) is 17.9 Å². The molecule has 2 amide bonds. The average molecular weight is 359 g/mol. The van der Waals surface area contributed by atoms with Crippen LogP contribution in [-0.4, -0.2) is 53.9 Å². The summed E-state index contributed by atoms with van der Waals surface area (Å²) in [7, 11) is 3.86. The third kappa shape index (κ3) is 6.24. The predicted molar refractivity (Wildman–Crippen MR) is 103 cm³/mol. The van der Waals surface area contributed by atoms with E-state index in [1.54, 1.807) is 18.2 Å². The molecule has 2 atom stereocenters. The second-order valence-electron chi connectivity index (χ2n) is 7.46. The normalized spacial score (nSPS) is 23.2. The van der Waals surface area contributed by atoms with Gasteiger partial charge < -0.3 is 21.3 Å². The molecule has 0 saturated heterocycles. The van der Waals surface area contributed by atoms with Crippen LogP contribution >= 0.6 is 0 Å². The summed E-state index contributed by atoms with van der Waals surface area (Å²) < 4.78 is 0. The van der Waals surface area contributed by atoms with Crippen molar-refractivity contribution >= 4 is 17.5 Å². The van der Waals surface area contributed by atoms with Gasteiger partial charge in [0.05, 0.1) is 11.9 Å². The van der Waals surface area contributed by atoms with E-state index in [9.17, 15) is 9.59 Å². The highest BCUT2D eigenvalue weighted by molar-refractivity contribution is 5.99. The van der Waals surface area contributed by atoms with Crippen LogP contribution in [0.1, 0.15) is 43.1 Å². The molecule has 0 aliphatic heterocycles. The zero-order valence-corrected chi connectivity index (χ0v) is 15.8. The van der Waals surface area contributed by atoms with E-state index < -0.39 is 0 Å². The average Bonchev–Trinajstić information content (AvgIpc) is 2.54. The van der Waals surface area contributed by atoms with Gasteiger partial charge in [-0.3, -0.25) is 9.59 Å². The monoisotopic (exact) mass is 359 g/mol. The van der Waals surface area contributed by atoms with E-state index in [-0.39, 0.29) is 23.4 Å². The quantitative estimate of drug-likeness (QED) is 0.669. The fourth-order valence-electron chi connectivity index (χ4n) is 3.15. The number of nitrogens with two attached hydrogens (primary N) is 1. The molecule has 26 heavy (non-hydrogen) atoms. The number of anilines is 1. The molecule has 7 heteroatoms. The van der Waals surface area contributed by atoms with E-state index in [0.717, 1.165) is 25.7 Å². The number of hydrogen-bond donors (Lipinski definition) is 3. The number of likely N-dealkylation sites (N-methyl/N-ethyl adjacent to an activating group) is 1. The molecule has 0 spiro atoms. The Labute approximate surface area is 155 Å². The van der Waals surface area contributed by atoms with Crippen LogP contribution < -0.4 is 16.4 Å². The topological polar surface area (TPSA) is 100 Å². The van der Waals surface area contributed by atoms with Crippen molar-refractivity contribution in [1.82, 2.24) is 15.2 Å². The third-order valence-electron chi connectivity index (χ3n) is 4.43. The van der Waals surface area contributed by atoms with Gasteiger partial charge >= 0.3 is 0 Å². The molecule has 0 aromatic carbocycles. The van der Waals surface area contributed by atoms with Crippen molar-refractivity contribution in [2.45, 2.75) is 44.2 Å². The highest BCUT2D eigenvalue weighted by Gasteiger charge is 2.32. The standard InChI is InChI=1S/C19H29N5O2/c1-19(10-4-6-14(20)12-19)23-18(26)16-9-8-15(13-21-16)22-17(25)7-5-11-24(2)3/h5,7-9,13-14H,4,6,10-12,20H2,1-3H3,(H,22,25)(H,23,26)/b7-5+/t14-,19?/m1/s1. The van der Waals surface area contributed by atoms with Gasteiger partial charge in [-0.15, -0.1) is 0 Å². The predicted octanol–water partition coefficient (Wildman–Crippen LogP) is 1.53. The molecule has 1 fully saturated rings. The second kappa shape index (κ2) is 8.91. The summed E-state index contributed by atoms with van der Waals surface area (Å²) in [5.41, 5.74) is 6.61. The first-order valence-electron chi connectivity index (χ1n) is 8.94. The summed E-state index contributed by atoms with van der Waals surface area (Å²) >= 11 is 0. The Morgan fingerprint density at radius 2 is 2.19 bits per heavy atom. The Bertz CT molecular complexity index is 656. The molecular formula is C19H29N5O2. The van der Waals surface area contributed by atoms with Gasteiger partial charge in [-0.2, -0.15) is 0 Å². The van der Waals surface area contributed by atoms with Crippen LogP contribution in [-0.2, 0) is 4.79 Å². The number of rotatable bonds is 6. The lowest BCUT2D eigenvalue weighted by Crippen LogP contribution is -2.51. The van der Waals surface area contributed by atoms with E-state index in [1.807, 2.05) is 25.9 Å². The summed E-state index contributed by atoms with van der Waals surface area (Å²) in [6.45, 7) is 2.71. The second-order valence-corrected chi connectivity index (χ2v) is 7.46. The number of nitrogens with zero attached hydrogens (tertiary/aromatic N) is 2. The molecule has 1 saturated carbocycles. The fraction of sp³-hybridized carbons (Fsp3) is 0.526. The maximum atomic E-state index is 12.4. The molecule has 1 aromatic heterocycles. The Hall–Kier alpha value is -2.25. The number of nitrogens with one attached hydrogen (secondary N) is 2. The lowest BCUT2D eigenvalue weighted by Gasteiger charge is -2.37. The van der Waals surface area contributed by atoms with Crippen LogP contribution in [0.15, 0.2) is 30.5 Å². The molecule has 1 aromatic rings. The zero-order chi connectivity index (χ0) is 19.2. The Balaban J connectivity index is 1.91. The van der Waals surface area contributed by atoms with E-state index in [1.165, 1.54) is 12.3 Å². The third-order valence-corrected chi connectivity index (χ3v) is 4.43. The van der Waals surface area contributed by atoms with Crippen LogP contribution in [0.2, 0.25) is 0 Å². The van der Waals surface area contributed by atoms with Crippen LogP contribution in [0.3, 0.4) is 0 Å². The van der Waals surface area contributed by atoms with Crippen LogP contribution in [0.25, 0.3) is 0 Å². The minimum atomic E-state index is -0.291. The molecule has 1 unspecified atom stereocenters. The summed E-state index contributed by atoms with van der Waals surface area (Å²) in [5, 5.41) is 5.78. The number of aromatic nitrogens is 1. The van der Waals surface area contributed by atoms with Crippen molar-refractivity contribution < 1.29 is 9.59 Å². The maximum Gasteiger partial charge on any atom is 0.270 e. The van der Waals surface area contributed by atoms with Crippen molar-refractivity contribution in [3.8, 4) is 0 Å². The number of pyridine rings is 1. The molecule has 4 N–H and O–H groups in total. The van der Waals surface area contributed by atoms with Crippen molar-refractivity contribution in [3.05, 3.63) is 36.2 Å². The number of carbonyl (C=O) groups excluding carboxylic acids is 2. The molecule has 1 aliphatic carbocycles. The van der Waals surface area contributed by atoms with Crippen molar-refractivity contribution in [2.24, 2.45) is 5.73 Å². The first kappa shape index (κ1) is 20.1. The Kier molecular flexibility index (Phi) is 6.88. The van der Waals surface area contributed by atoms with Gasteiger partial charge in [0.25, 0.3) is 5.91 Å². The molecule has 2 rings (SSSR count). The smallest absolute Gasteiger partial charge is 0.270 e. The first-order chi connectivity index (χ1) is 12.3. The lowest BCUT2D eigenvalue weighted by atomic mass is 9.80. The minimum Gasteiger partial charge on any atom is -0.345 e. The van der Waals surface area contributed by atoms with Gasteiger partial charge in [0.15, 0.2) is 0 Å². The summed E-state index contributed by atoms with van der Waals surface area (Å²) in [6.07, 6.45) is 8.44. The van der Waals surface area contributed by atoms with Gasteiger partial charge in [0.1, 0.15) is 5.69 Å². The minimum absolute atomic E-state index is 0.125. The van der Waals surface area contributed by atoms with Crippen LogP contribution in [0, 0.1) is 0 Å². The summed E-state index contributed by atoms with van der Waals surface area (Å²) in [4.78, 5) is 30.4. The van der Waals surface area contributed by atoms with E-state index in [2.05, 4.69) is 15.6 Å². The SMILES string of the molecule is CN(C)C/C=C/C(=O)Nc1ccc(C(=O)NC2(C)CCC[C@@H](N)C2)nc1. The highest BCUT2D eigenvalue weighted by Crippen LogP contribution is 2.27. The molecule has 142 valence electrons. The largest absolute Gasteiger partial charge is 0.345 e. The van der Waals surface area contributed by atoms with Crippen molar-refractivity contribution in [1.29, 1.82) is 0 Å². The van der Waals surface area contributed by atoms with Crippen LogP contribution in [0.4, 0.5) is 5.69 Å². The number of carbonyl (C=O) groups is 2. The van der Waals surface area contributed by atoms with Gasteiger partial charge in [0.2, 0.25) is 5.91 Å². The fourth-order valence-corrected chi connectivity index (χ4v) is 3.15. The summed E-state index contributed by atoms with van der Waals surface area (Å²) in [6, 6.07) is 3.41. The molecule has 0 bridgehead atoms. The molecule has 0 radical (unpaired) electrons. The van der Waals surface area contributed by atoms with Gasteiger partial charge in [-0.25, -0.2) is 4.98 Å². The lowest BCUT2D eigenvalue weighted by molar-refractivity contribution is -0.111. The van der Waals surface area contributed by atoms with Crippen LogP contribution in [0.5, 0.6) is 0 Å². The van der Waals surface area contributed by atoms with E-state index >= 15 is 0 Å². The van der Waals surface area contributed by atoms with Crippen molar-refractivity contribution in [3.63, 3.8) is 0 Å². The van der Waals surface area contributed by atoms with Gasteiger partial charge in [-0.1, -0.05) is 6.08 Å². The van der Waals surface area contributed by atoms with E-state index in [4.69, 9.17) is 5.73 Å². The number of hydrogen-bond acceptors (Lipinski definition) is 5. The maximum absolute atomic E-state index is 12.4. The molecule has 7 nitrogen and oxygen atoms in total. The highest BCUT2D eigenvalue weighted by atomic mass is 16.2. The van der Waals surface area contributed by atoms with Gasteiger partial charge in [0, 0.05) is 24.2 Å². The summed E-state index contributed by atoms with van der Waals surface area (Å²) in [5.74, 6) is -0.445. The molecular weight excluding hydrogens is 330 g/mol. The first-order valence-corrected chi connectivity index (χ1v) is 8.94. The van der Waals surface area contributed by atoms with Gasteiger partial charge in [-0.05, 0) is 58.8 Å². The Morgan fingerprint density at radius 1 is 1.42 bits per heavy atom. The molecule has 1 aliphatic rings. The van der Waals surface area contributed by atoms with Crippen molar-refractivity contribution in [2.75, 3.05) is 26.0 Å². The number of amides is 2. The zero-order valence-electron chi connectivity index (χ0n) is 15.8.